The van der Waals surface area contributed by atoms with Gasteiger partial charge in [-0.1, -0.05) is 100 Å². The quantitative estimate of drug-likeness (QED) is 0.0414. The fourth-order valence-electron chi connectivity index (χ4n) is 10.0. The molecule has 2 aliphatic rings. The number of ether oxygens (including phenoxy) is 4. The summed E-state index contributed by atoms with van der Waals surface area (Å²) < 4.78 is 27.6. The molecule has 0 aliphatic carbocycles. The predicted octanol–water partition coefficient (Wildman–Crippen LogP) is 15.1. The molecule has 0 radical (unpaired) electrons. The van der Waals surface area contributed by atoms with E-state index in [1.165, 1.54) is 44.9 Å². The van der Waals surface area contributed by atoms with Crippen LogP contribution in [0.2, 0.25) is 0 Å². The van der Waals surface area contributed by atoms with E-state index in [4.69, 9.17) is 28.9 Å². The standard InChI is InChI=1S/C69H86N7O4/c1-11-12-13-14-15-16-17-18-46-77-54-27-19-50(20-28-54)66-58-35-37-60(70-58)67(51-21-29-55(30-22-51)78-47-43-74(2,3)4)62-39-41-64(72-62)69(53-25-33-57(34-26-53)80-49-45-76(8,9)10)65-42-40-63(73-65)68(61-38-36-59(66)71-61)52-23-31-56(32-24-52)79-48-44-75(5,6)7/h19-42,70-71H,11-18,43-49H2,1-10H3/q+3. The highest BCUT2D eigenvalue weighted by atomic mass is 16.5. The summed E-state index contributed by atoms with van der Waals surface area (Å²) in [6.07, 6.45) is 18.6. The third-order valence-corrected chi connectivity index (χ3v) is 14.7. The van der Waals surface area contributed by atoms with Crippen molar-refractivity contribution in [2.75, 3.05) is 109 Å². The number of aromatic amines is 2. The number of unbranched alkanes of at least 4 members (excludes halogenated alkanes) is 7. The van der Waals surface area contributed by atoms with Crippen LogP contribution in [0.25, 0.3) is 90.9 Å². The summed E-state index contributed by atoms with van der Waals surface area (Å²) in [5.41, 5.74) is 15.0. The van der Waals surface area contributed by atoms with Crippen molar-refractivity contribution in [2.45, 2.75) is 58.3 Å². The number of fused-ring (bicyclic) bond motifs is 8. The molecule has 3 aromatic heterocycles. The van der Waals surface area contributed by atoms with Gasteiger partial charge >= 0.3 is 0 Å². The van der Waals surface area contributed by atoms with E-state index in [1.54, 1.807) is 0 Å². The first-order chi connectivity index (χ1) is 38.5. The summed E-state index contributed by atoms with van der Waals surface area (Å²) in [6.45, 7) is 7.52. The molecule has 0 amide bonds. The number of hydrogen-bond donors (Lipinski definition) is 2. The molecule has 0 saturated carbocycles. The van der Waals surface area contributed by atoms with E-state index >= 15 is 0 Å². The molecular weight excluding hydrogens is 991 g/mol. The summed E-state index contributed by atoms with van der Waals surface area (Å²) >= 11 is 0. The van der Waals surface area contributed by atoms with E-state index in [9.17, 15) is 0 Å². The van der Waals surface area contributed by atoms with Gasteiger partial charge in [0, 0.05) is 44.3 Å². The van der Waals surface area contributed by atoms with Crippen molar-refractivity contribution in [3.63, 3.8) is 0 Å². The van der Waals surface area contributed by atoms with Crippen LogP contribution in [0.1, 0.15) is 81.1 Å². The van der Waals surface area contributed by atoms with Gasteiger partial charge in [0.15, 0.2) is 0 Å². The molecule has 0 atom stereocenters. The molecule has 0 saturated heterocycles. The second kappa shape index (κ2) is 25.8. The van der Waals surface area contributed by atoms with Crippen molar-refractivity contribution in [3.05, 3.63) is 144 Å². The lowest BCUT2D eigenvalue weighted by Gasteiger charge is -2.23. The topological polar surface area (TPSA) is 94.3 Å². The lowest BCUT2D eigenvalue weighted by atomic mass is 10.0. The van der Waals surface area contributed by atoms with Gasteiger partial charge in [-0.25, -0.2) is 9.97 Å². The summed E-state index contributed by atoms with van der Waals surface area (Å²) in [5, 5.41) is 0. The van der Waals surface area contributed by atoms with Crippen molar-refractivity contribution in [2.24, 2.45) is 0 Å². The van der Waals surface area contributed by atoms with Crippen LogP contribution in [0.3, 0.4) is 0 Å². The van der Waals surface area contributed by atoms with E-state index in [0.29, 0.717) is 26.4 Å². The number of nitrogens with zero attached hydrogens (tertiary/aromatic N) is 5. The summed E-state index contributed by atoms with van der Waals surface area (Å²) in [5.74, 6) is 3.36. The zero-order chi connectivity index (χ0) is 56.3. The smallest absolute Gasteiger partial charge is 0.137 e. The van der Waals surface area contributed by atoms with Crippen LogP contribution in [-0.2, 0) is 0 Å². The Morgan fingerprint density at radius 2 is 0.588 bits per heavy atom. The Bertz CT molecular complexity index is 3240. The van der Waals surface area contributed by atoms with E-state index in [0.717, 1.165) is 152 Å². The van der Waals surface area contributed by atoms with Crippen molar-refractivity contribution in [1.29, 1.82) is 0 Å². The maximum absolute atomic E-state index is 6.35. The molecule has 0 spiro atoms. The number of aromatic nitrogens is 4. The van der Waals surface area contributed by atoms with Gasteiger partial charge in [0.25, 0.3) is 0 Å². The van der Waals surface area contributed by atoms with E-state index < -0.39 is 0 Å². The van der Waals surface area contributed by atoms with Crippen molar-refractivity contribution < 1.29 is 32.4 Å². The molecule has 5 heterocycles. The molecule has 8 bridgehead atoms. The first-order valence-corrected chi connectivity index (χ1v) is 29.0. The highest BCUT2D eigenvalue weighted by molar-refractivity contribution is 6.00. The van der Waals surface area contributed by atoms with Crippen molar-refractivity contribution in [3.8, 4) is 67.5 Å². The van der Waals surface area contributed by atoms with Gasteiger partial charge in [0.05, 0.1) is 92.8 Å². The fraction of sp³-hybridized carbons (Fsp3) is 0.362. The minimum Gasteiger partial charge on any atom is -0.494 e. The van der Waals surface area contributed by atoms with Crippen LogP contribution in [0.4, 0.5) is 0 Å². The second-order valence-electron chi connectivity index (χ2n) is 24.5. The minimum atomic E-state index is 0.617. The van der Waals surface area contributed by atoms with Crippen LogP contribution in [0, 0.1) is 0 Å². The first kappa shape index (κ1) is 57.3. The minimum absolute atomic E-state index is 0.617. The van der Waals surface area contributed by atoms with Gasteiger partial charge in [0.2, 0.25) is 0 Å². The van der Waals surface area contributed by atoms with Gasteiger partial charge in [-0.3, -0.25) is 0 Å². The summed E-state index contributed by atoms with van der Waals surface area (Å²) in [4.78, 5) is 19.0. The number of nitrogens with one attached hydrogen (secondary N) is 2. The van der Waals surface area contributed by atoms with Gasteiger partial charge in [-0.2, -0.15) is 0 Å². The van der Waals surface area contributed by atoms with Crippen molar-refractivity contribution >= 4 is 46.4 Å². The van der Waals surface area contributed by atoms with Crippen LogP contribution in [-0.4, -0.2) is 143 Å². The second-order valence-corrected chi connectivity index (χ2v) is 24.5. The Morgan fingerprint density at radius 3 is 0.925 bits per heavy atom. The maximum atomic E-state index is 6.35. The number of hydrogen-bond acceptors (Lipinski definition) is 6. The third-order valence-electron chi connectivity index (χ3n) is 14.7. The monoisotopic (exact) mass is 1080 g/mol. The molecule has 4 aromatic carbocycles. The molecule has 2 N–H and O–H groups in total. The molecule has 80 heavy (non-hydrogen) atoms. The Morgan fingerprint density at radius 1 is 0.312 bits per heavy atom. The molecule has 0 fully saturated rings. The Labute approximate surface area is 476 Å². The van der Waals surface area contributed by atoms with E-state index in [-0.39, 0.29) is 0 Å². The average Bonchev–Trinajstić information content (AvgIpc) is 4.32. The van der Waals surface area contributed by atoms with Crippen LogP contribution in [0.5, 0.6) is 23.0 Å². The molecule has 418 valence electrons. The first-order valence-electron chi connectivity index (χ1n) is 29.0. The lowest BCUT2D eigenvalue weighted by Crippen LogP contribution is -2.38. The number of quaternary nitrogens is 3. The normalized spacial score (nSPS) is 12.5. The van der Waals surface area contributed by atoms with Crippen LogP contribution in [0.15, 0.2) is 121 Å². The molecular formula is C69H86N7O4+3. The predicted molar refractivity (Wildman–Crippen MR) is 334 cm³/mol. The molecule has 0 unspecified atom stereocenters. The molecule has 2 aliphatic heterocycles. The lowest BCUT2D eigenvalue weighted by molar-refractivity contribution is -0.870. The Balaban J connectivity index is 1.21. The Kier molecular flexibility index (Phi) is 18.4. The Hall–Kier alpha value is -7.44. The van der Waals surface area contributed by atoms with E-state index in [2.05, 4.69) is 226 Å². The molecule has 9 rings (SSSR count). The zero-order valence-electron chi connectivity index (χ0n) is 49.3. The number of likely N-dealkylation sites (N-methyl/N-ethyl adjacent to an activating group) is 3. The number of rotatable bonds is 26. The van der Waals surface area contributed by atoms with Crippen LogP contribution >= 0.6 is 0 Å². The van der Waals surface area contributed by atoms with Crippen LogP contribution < -0.4 is 18.9 Å². The SMILES string of the molecule is CCCCCCCCCCOc1ccc(-c2c3ccc([nH]3)c(-c3ccc(OCC[N+](C)(C)C)cc3)c3nc(c(-c4ccc(OCC[N+](C)(C)C)cc4)c4nc(c(-c5ccc(OCC[N+](C)(C)C)cc5)c5ccc2[nH]5)C=C4)C=C3)cc1. The van der Waals surface area contributed by atoms with E-state index in [1.807, 2.05) is 0 Å². The highest BCUT2D eigenvalue weighted by Crippen LogP contribution is 2.40. The largest absolute Gasteiger partial charge is 0.494 e. The molecule has 11 heteroatoms. The third kappa shape index (κ3) is 15.5. The number of H-pyrrole nitrogens is 2. The fourth-order valence-corrected chi connectivity index (χ4v) is 10.0. The highest BCUT2D eigenvalue weighted by Gasteiger charge is 2.21. The summed E-state index contributed by atoms with van der Waals surface area (Å²) in [6, 6.07) is 42.5. The molecule has 7 aromatic rings. The van der Waals surface area contributed by atoms with Gasteiger partial charge in [-0.05, 0) is 126 Å². The van der Waals surface area contributed by atoms with Gasteiger partial charge in [0.1, 0.15) is 62.5 Å². The maximum Gasteiger partial charge on any atom is 0.137 e. The molecule has 11 nitrogen and oxygen atoms in total. The van der Waals surface area contributed by atoms with Gasteiger partial charge in [-0.15, -0.1) is 0 Å². The van der Waals surface area contributed by atoms with Crippen molar-refractivity contribution in [1.82, 2.24) is 19.9 Å². The zero-order valence-corrected chi connectivity index (χ0v) is 49.3. The average molecular weight is 1080 g/mol. The number of benzene rings is 4. The summed E-state index contributed by atoms with van der Waals surface area (Å²) in [7, 11) is 19.6. The van der Waals surface area contributed by atoms with Gasteiger partial charge < -0.3 is 42.4 Å².